The number of rotatable bonds is 6. The first-order chi connectivity index (χ1) is 11.9. The summed E-state index contributed by atoms with van der Waals surface area (Å²) in [5.74, 6) is -2.32. The molecule has 1 aromatic heterocycles. The van der Waals surface area contributed by atoms with Crippen molar-refractivity contribution in [2.75, 3.05) is 11.9 Å². The fourth-order valence-corrected chi connectivity index (χ4v) is 2.08. The fraction of sp³-hybridized carbons (Fsp3) is 0.176. The summed E-state index contributed by atoms with van der Waals surface area (Å²) in [6.07, 6.45) is 1.33. The molecule has 8 heteroatoms. The van der Waals surface area contributed by atoms with Crippen molar-refractivity contribution in [1.29, 1.82) is 0 Å². The highest BCUT2D eigenvalue weighted by molar-refractivity contribution is 5.93. The van der Waals surface area contributed by atoms with Crippen LogP contribution in [0.3, 0.4) is 0 Å². The number of hydrogen-bond donors (Lipinski definition) is 2. The van der Waals surface area contributed by atoms with E-state index in [1.165, 1.54) is 42.6 Å². The lowest BCUT2D eigenvalue weighted by Crippen LogP contribution is -2.30. The molecule has 0 spiro atoms. The Morgan fingerprint density at radius 2 is 1.84 bits per heavy atom. The van der Waals surface area contributed by atoms with Gasteiger partial charge in [0.15, 0.2) is 0 Å². The molecule has 0 saturated heterocycles. The van der Waals surface area contributed by atoms with Crippen molar-refractivity contribution in [3.63, 3.8) is 0 Å². The molecule has 130 valence electrons. The number of carboxylic acids is 1. The highest BCUT2D eigenvalue weighted by Gasteiger charge is 2.12. The Morgan fingerprint density at radius 1 is 1.16 bits per heavy atom. The van der Waals surface area contributed by atoms with Gasteiger partial charge in [-0.05, 0) is 43.3 Å². The van der Waals surface area contributed by atoms with Crippen LogP contribution >= 0.6 is 0 Å². The average molecular weight is 344 g/mol. The van der Waals surface area contributed by atoms with Crippen molar-refractivity contribution < 1.29 is 24.2 Å². The number of carbonyl (C=O) groups excluding carboxylic acids is 2. The molecular formula is C17H16N2O6. The number of nitrogens with zero attached hydrogens (tertiary/aromatic N) is 1. The largest absolute Gasteiger partial charge is 0.477 e. The first-order valence-electron chi connectivity index (χ1n) is 7.42. The van der Waals surface area contributed by atoms with E-state index in [2.05, 4.69) is 5.32 Å². The van der Waals surface area contributed by atoms with Crippen molar-refractivity contribution in [3.05, 3.63) is 64.1 Å². The van der Waals surface area contributed by atoms with E-state index in [-0.39, 0.29) is 13.2 Å². The molecule has 2 rings (SSSR count). The predicted molar refractivity (Wildman–Crippen MR) is 88.7 cm³/mol. The minimum Gasteiger partial charge on any atom is -0.477 e. The van der Waals surface area contributed by atoms with E-state index in [0.717, 1.165) is 4.57 Å². The Bertz CT molecular complexity index is 854. The molecule has 0 aliphatic carbocycles. The first-order valence-corrected chi connectivity index (χ1v) is 7.42. The smallest absolute Gasteiger partial charge is 0.341 e. The van der Waals surface area contributed by atoms with E-state index < -0.39 is 29.0 Å². The van der Waals surface area contributed by atoms with Gasteiger partial charge < -0.3 is 19.7 Å². The number of amides is 1. The first kappa shape index (κ1) is 17.9. The van der Waals surface area contributed by atoms with Gasteiger partial charge in [-0.15, -0.1) is 0 Å². The summed E-state index contributed by atoms with van der Waals surface area (Å²) in [5, 5.41) is 11.5. The highest BCUT2D eigenvalue weighted by Crippen LogP contribution is 2.10. The molecule has 0 radical (unpaired) electrons. The van der Waals surface area contributed by atoms with Gasteiger partial charge in [0, 0.05) is 11.9 Å². The Hall–Kier alpha value is -3.42. The molecule has 1 heterocycles. The number of pyridine rings is 1. The van der Waals surface area contributed by atoms with Gasteiger partial charge in [0.05, 0.1) is 12.2 Å². The zero-order valence-corrected chi connectivity index (χ0v) is 13.4. The summed E-state index contributed by atoms with van der Waals surface area (Å²) in [7, 11) is 0. The summed E-state index contributed by atoms with van der Waals surface area (Å²) in [4.78, 5) is 46.4. The molecular weight excluding hydrogens is 328 g/mol. The van der Waals surface area contributed by atoms with Crippen LogP contribution in [-0.2, 0) is 16.1 Å². The number of hydrogen-bond acceptors (Lipinski definition) is 5. The van der Waals surface area contributed by atoms with Gasteiger partial charge in [-0.2, -0.15) is 0 Å². The maximum Gasteiger partial charge on any atom is 0.341 e. The Balaban J connectivity index is 2.06. The number of nitrogens with one attached hydrogen (secondary N) is 1. The minimum absolute atomic E-state index is 0.265. The van der Waals surface area contributed by atoms with Gasteiger partial charge in [0.2, 0.25) is 5.91 Å². The average Bonchev–Trinajstić information content (AvgIpc) is 2.57. The number of carboxylic acid groups (broad SMARTS) is 1. The van der Waals surface area contributed by atoms with Crippen LogP contribution in [0, 0.1) is 0 Å². The highest BCUT2D eigenvalue weighted by atomic mass is 16.5. The predicted octanol–water partition coefficient (Wildman–Crippen LogP) is 1.36. The van der Waals surface area contributed by atoms with Crippen LogP contribution in [0.25, 0.3) is 0 Å². The van der Waals surface area contributed by atoms with Crippen LogP contribution in [0.15, 0.2) is 47.4 Å². The second kappa shape index (κ2) is 7.91. The molecule has 0 atom stereocenters. The van der Waals surface area contributed by atoms with Crippen molar-refractivity contribution in [2.45, 2.75) is 13.5 Å². The third-order valence-corrected chi connectivity index (χ3v) is 3.24. The zero-order valence-electron chi connectivity index (χ0n) is 13.4. The Kier molecular flexibility index (Phi) is 5.67. The lowest BCUT2D eigenvalue weighted by Gasteiger charge is -2.08. The van der Waals surface area contributed by atoms with Crippen molar-refractivity contribution in [2.24, 2.45) is 0 Å². The number of ether oxygens (including phenoxy) is 1. The van der Waals surface area contributed by atoms with E-state index in [1.807, 2.05) is 0 Å². The van der Waals surface area contributed by atoms with Crippen molar-refractivity contribution >= 4 is 23.5 Å². The second-order valence-electron chi connectivity index (χ2n) is 5.01. The standard InChI is InChI=1S/C17H16N2O6/c1-2-25-17(24)11-5-7-12(8-6-11)18-14(20)10-19-9-3-4-13(15(19)21)16(22)23/h3-9H,2,10H2,1H3,(H,18,20)(H,22,23). The number of aromatic nitrogens is 1. The summed E-state index contributed by atoms with van der Waals surface area (Å²) in [6.45, 7) is 1.63. The lowest BCUT2D eigenvalue weighted by molar-refractivity contribution is -0.116. The quantitative estimate of drug-likeness (QED) is 0.765. The van der Waals surface area contributed by atoms with Gasteiger partial charge in [-0.25, -0.2) is 9.59 Å². The van der Waals surface area contributed by atoms with Crippen molar-refractivity contribution in [1.82, 2.24) is 4.57 Å². The topological polar surface area (TPSA) is 115 Å². The fourth-order valence-electron chi connectivity index (χ4n) is 2.08. The third kappa shape index (κ3) is 4.54. The maximum atomic E-state index is 12.0. The van der Waals surface area contributed by atoms with Gasteiger partial charge >= 0.3 is 11.9 Å². The summed E-state index contributed by atoms with van der Waals surface area (Å²) >= 11 is 0. The van der Waals surface area contributed by atoms with Gasteiger partial charge in [-0.3, -0.25) is 9.59 Å². The molecule has 0 bridgehead atoms. The van der Waals surface area contributed by atoms with E-state index in [1.54, 1.807) is 6.92 Å². The second-order valence-corrected chi connectivity index (χ2v) is 5.01. The van der Waals surface area contributed by atoms with E-state index in [0.29, 0.717) is 11.3 Å². The molecule has 2 N–H and O–H groups in total. The van der Waals surface area contributed by atoms with Crippen LogP contribution in [0.1, 0.15) is 27.6 Å². The Labute approximate surface area is 142 Å². The van der Waals surface area contributed by atoms with Crippen molar-refractivity contribution in [3.8, 4) is 0 Å². The molecule has 1 aromatic carbocycles. The molecule has 0 saturated carbocycles. The number of esters is 1. The number of aromatic carboxylic acids is 1. The molecule has 8 nitrogen and oxygen atoms in total. The van der Waals surface area contributed by atoms with Gasteiger partial charge in [0.1, 0.15) is 12.1 Å². The number of carbonyl (C=O) groups is 3. The molecule has 0 fully saturated rings. The van der Waals surface area contributed by atoms with E-state index in [9.17, 15) is 19.2 Å². The van der Waals surface area contributed by atoms with Crippen LogP contribution in [0.2, 0.25) is 0 Å². The molecule has 2 aromatic rings. The molecule has 0 aliphatic heterocycles. The van der Waals surface area contributed by atoms with E-state index >= 15 is 0 Å². The molecule has 0 aliphatic rings. The monoisotopic (exact) mass is 344 g/mol. The van der Waals surface area contributed by atoms with Crippen LogP contribution < -0.4 is 10.9 Å². The number of anilines is 1. The minimum atomic E-state index is -1.35. The Morgan fingerprint density at radius 3 is 2.44 bits per heavy atom. The molecule has 0 unspecified atom stereocenters. The molecule has 25 heavy (non-hydrogen) atoms. The summed E-state index contributed by atoms with van der Waals surface area (Å²) in [5.41, 5.74) is -0.386. The van der Waals surface area contributed by atoms with Crippen LogP contribution in [0.5, 0.6) is 0 Å². The van der Waals surface area contributed by atoms with E-state index in [4.69, 9.17) is 9.84 Å². The SMILES string of the molecule is CCOC(=O)c1ccc(NC(=O)Cn2cccc(C(=O)O)c2=O)cc1. The van der Waals surface area contributed by atoms with Crippen LogP contribution in [0.4, 0.5) is 5.69 Å². The van der Waals surface area contributed by atoms with Gasteiger partial charge in [-0.1, -0.05) is 0 Å². The lowest BCUT2D eigenvalue weighted by atomic mass is 10.2. The molecule has 1 amide bonds. The summed E-state index contributed by atoms with van der Waals surface area (Å²) < 4.78 is 5.87. The van der Waals surface area contributed by atoms with Gasteiger partial charge in [0.25, 0.3) is 5.56 Å². The third-order valence-electron chi connectivity index (χ3n) is 3.24. The zero-order chi connectivity index (χ0) is 18.4. The summed E-state index contributed by atoms with van der Waals surface area (Å²) in [6, 6.07) is 8.62. The van der Waals surface area contributed by atoms with Crippen LogP contribution in [-0.4, -0.2) is 34.1 Å². The normalized spacial score (nSPS) is 10.1. The number of benzene rings is 1. The maximum absolute atomic E-state index is 12.0.